The lowest BCUT2D eigenvalue weighted by molar-refractivity contribution is -0.136. The fourth-order valence-corrected chi connectivity index (χ4v) is 3.24. The third kappa shape index (κ3) is 3.46. The zero-order valence-corrected chi connectivity index (χ0v) is 9.66. The number of sulfonamides is 1. The van der Waals surface area contributed by atoms with Crippen molar-refractivity contribution in [3.8, 4) is 0 Å². The van der Waals surface area contributed by atoms with Crippen LogP contribution in [-0.4, -0.2) is 42.6 Å². The van der Waals surface area contributed by atoms with Gasteiger partial charge in [-0.15, -0.1) is 0 Å². The van der Waals surface area contributed by atoms with Gasteiger partial charge in [0.05, 0.1) is 12.2 Å². The Hall–Kier alpha value is -0.620. The molecule has 0 saturated carbocycles. The van der Waals surface area contributed by atoms with Crippen LogP contribution in [0.15, 0.2) is 0 Å². The summed E-state index contributed by atoms with van der Waals surface area (Å²) in [6.07, 6.45) is 1.56. The predicted molar refractivity (Wildman–Crippen MR) is 56.0 cm³/mol. The maximum absolute atomic E-state index is 11.7. The maximum atomic E-state index is 11.7. The van der Waals surface area contributed by atoms with Crippen LogP contribution < -0.4 is 0 Å². The molecule has 5 nitrogen and oxygen atoms in total. The predicted octanol–water partition coefficient (Wildman–Crippen LogP) is 0.523. The minimum Gasteiger partial charge on any atom is -0.481 e. The van der Waals surface area contributed by atoms with Gasteiger partial charge in [-0.1, -0.05) is 13.3 Å². The second-order valence-corrected chi connectivity index (χ2v) is 5.97. The fourth-order valence-electron chi connectivity index (χ4n) is 1.73. The van der Waals surface area contributed by atoms with E-state index in [-0.39, 0.29) is 12.2 Å². The molecule has 0 radical (unpaired) electrons. The Kier molecular flexibility index (Phi) is 4.10. The highest BCUT2D eigenvalue weighted by atomic mass is 32.2. The molecule has 0 bridgehead atoms. The van der Waals surface area contributed by atoms with Crippen LogP contribution in [-0.2, 0) is 14.8 Å². The average Bonchev–Trinajstić information content (AvgIpc) is 2.63. The van der Waals surface area contributed by atoms with Gasteiger partial charge in [-0.25, -0.2) is 12.7 Å². The van der Waals surface area contributed by atoms with Crippen molar-refractivity contribution in [3.05, 3.63) is 0 Å². The molecule has 0 aromatic heterocycles. The Morgan fingerprint density at radius 1 is 1.53 bits per heavy atom. The Labute approximate surface area is 90.1 Å². The van der Waals surface area contributed by atoms with Crippen LogP contribution in [0.25, 0.3) is 0 Å². The van der Waals surface area contributed by atoms with E-state index in [1.54, 1.807) is 0 Å². The summed E-state index contributed by atoms with van der Waals surface area (Å²) in [6.45, 7) is 3.14. The van der Waals surface area contributed by atoms with Gasteiger partial charge in [-0.3, -0.25) is 4.79 Å². The van der Waals surface area contributed by atoms with Crippen molar-refractivity contribution in [1.29, 1.82) is 0 Å². The maximum Gasteiger partial charge on any atom is 0.304 e. The molecule has 1 aliphatic rings. The van der Waals surface area contributed by atoms with Crippen LogP contribution in [0.5, 0.6) is 0 Å². The minimum absolute atomic E-state index is 0.279. The fraction of sp³-hybridized carbons (Fsp3) is 0.889. The molecule has 1 fully saturated rings. The topological polar surface area (TPSA) is 74.7 Å². The number of rotatable bonds is 5. The van der Waals surface area contributed by atoms with Crippen molar-refractivity contribution < 1.29 is 18.3 Å². The van der Waals surface area contributed by atoms with E-state index in [0.29, 0.717) is 19.0 Å². The number of nitrogens with zero attached hydrogens (tertiary/aromatic N) is 1. The lowest BCUT2D eigenvalue weighted by Crippen LogP contribution is -2.31. The SMILES string of the molecule is CCC1CCN(S(=O)(=O)CCC(=O)O)C1. The van der Waals surface area contributed by atoms with Gasteiger partial charge < -0.3 is 5.11 Å². The van der Waals surface area contributed by atoms with Crippen LogP contribution >= 0.6 is 0 Å². The van der Waals surface area contributed by atoms with Crippen LogP contribution in [0, 0.1) is 5.92 Å². The third-order valence-corrected chi connectivity index (χ3v) is 4.63. The van der Waals surface area contributed by atoms with Gasteiger partial charge in [0.1, 0.15) is 0 Å². The van der Waals surface area contributed by atoms with Gasteiger partial charge in [-0.05, 0) is 12.3 Å². The summed E-state index contributed by atoms with van der Waals surface area (Å²) in [5.41, 5.74) is 0. The number of aliphatic carboxylic acids is 1. The molecule has 0 aliphatic carbocycles. The van der Waals surface area contributed by atoms with E-state index in [9.17, 15) is 13.2 Å². The van der Waals surface area contributed by atoms with Crippen LogP contribution in [0.1, 0.15) is 26.2 Å². The van der Waals surface area contributed by atoms with Crippen molar-refractivity contribution >= 4 is 16.0 Å². The van der Waals surface area contributed by atoms with Crippen LogP contribution in [0.2, 0.25) is 0 Å². The second-order valence-electron chi connectivity index (χ2n) is 3.88. The summed E-state index contributed by atoms with van der Waals surface area (Å²) in [4.78, 5) is 10.3. The minimum atomic E-state index is -3.35. The molecule has 15 heavy (non-hydrogen) atoms. The molecular formula is C9H17NO4S. The van der Waals surface area contributed by atoms with Crippen LogP contribution in [0.4, 0.5) is 0 Å². The van der Waals surface area contributed by atoms with Gasteiger partial charge in [0, 0.05) is 13.1 Å². The molecule has 1 heterocycles. The Balaban J connectivity index is 2.52. The number of hydrogen-bond donors (Lipinski definition) is 1. The summed E-state index contributed by atoms with van der Waals surface area (Å²) >= 11 is 0. The first kappa shape index (κ1) is 12.4. The lowest BCUT2D eigenvalue weighted by atomic mass is 10.1. The molecule has 88 valence electrons. The quantitative estimate of drug-likeness (QED) is 0.754. The number of carbonyl (C=O) groups is 1. The summed E-state index contributed by atoms with van der Waals surface area (Å²) in [5.74, 6) is -0.909. The molecule has 0 aromatic carbocycles. The molecule has 0 amide bonds. The van der Waals surface area contributed by atoms with E-state index >= 15 is 0 Å². The van der Waals surface area contributed by atoms with Crippen molar-refractivity contribution in [2.45, 2.75) is 26.2 Å². The molecule has 1 unspecified atom stereocenters. The van der Waals surface area contributed by atoms with Gasteiger partial charge in [-0.2, -0.15) is 0 Å². The normalized spacial score (nSPS) is 23.1. The Morgan fingerprint density at radius 3 is 2.67 bits per heavy atom. The molecule has 1 atom stereocenters. The summed E-state index contributed by atoms with van der Waals surface area (Å²) in [7, 11) is -3.35. The Bertz CT molecular complexity index is 325. The first-order valence-electron chi connectivity index (χ1n) is 5.15. The van der Waals surface area contributed by atoms with Crippen molar-refractivity contribution in [2.24, 2.45) is 5.92 Å². The monoisotopic (exact) mass is 235 g/mol. The van der Waals surface area contributed by atoms with E-state index in [1.807, 2.05) is 6.92 Å². The first-order chi connectivity index (χ1) is 6.95. The van der Waals surface area contributed by atoms with E-state index < -0.39 is 16.0 Å². The zero-order chi connectivity index (χ0) is 11.5. The Morgan fingerprint density at radius 2 is 2.20 bits per heavy atom. The van der Waals surface area contributed by atoms with E-state index in [0.717, 1.165) is 12.8 Å². The highest BCUT2D eigenvalue weighted by Gasteiger charge is 2.30. The second kappa shape index (κ2) is 4.94. The molecule has 1 rings (SSSR count). The summed E-state index contributed by atoms with van der Waals surface area (Å²) in [6, 6.07) is 0. The van der Waals surface area contributed by atoms with E-state index in [2.05, 4.69) is 0 Å². The van der Waals surface area contributed by atoms with Crippen molar-refractivity contribution in [1.82, 2.24) is 4.31 Å². The zero-order valence-electron chi connectivity index (χ0n) is 8.85. The standard InChI is InChI=1S/C9H17NO4S/c1-2-8-3-5-10(7-8)15(13,14)6-4-9(11)12/h8H,2-7H2,1H3,(H,11,12). The van der Waals surface area contributed by atoms with Crippen LogP contribution in [0.3, 0.4) is 0 Å². The lowest BCUT2D eigenvalue weighted by Gasteiger charge is -2.15. The molecule has 1 saturated heterocycles. The third-order valence-electron chi connectivity index (χ3n) is 2.79. The molecule has 6 heteroatoms. The van der Waals surface area contributed by atoms with E-state index in [4.69, 9.17) is 5.11 Å². The van der Waals surface area contributed by atoms with Gasteiger partial charge in [0.15, 0.2) is 0 Å². The largest absolute Gasteiger partial charge is 0.481 e. The number of carboxylic acid groups (broad SMARTS) is 1. The summed E-state index contributed by atoms with van der Waals surface area (Å²) in [5, 5.41) is 8.43. The highest BCUT2D eigenvalue weighted by Crippen LogP contribution is 2.22. The smallest absolute Gasteiger partial charge is 0.304 e. The molecule has 1 aliphatic heterocycles. The molecular weight excluding hydrogens is 218 g/mol. The number of carboxylic acids is 1. The average molecular weight is 235 g/mol. The summed E-state index contributed by atoms with van der Waals surface area (Å²) < 4.78 is 24.7. The van der Waals surface area contributed by atoms with Gasteiger partial charge in [0.25, 0.3) is 0 Å². The highest BCUT2D eigenvalue weighted by molar-refractivity contribution is 7.89. The molecule has 0 spiro atoms. The first-order valence-corrected chi connectivity index (χ1v) is 6.76. The molecule has 0 aromatic rings. The van der Waals surface area contributed by atoms with Crippen molar-refractivity contribution in [3.63, 3.8) is 0 Å². The van der Waals surface area contributed by atoms with Gasteiger partial charge in [0.2, 0.25) is 10.0 Å². The number of hydrogen-bond acceptors (Lipinski definition) is 3. The van der Waals surface area contributed by atoms with E-state index in [1.165, 1.54) is 4.31 Å². The van der Waals surface area contributed by atoms with Crippen molar-refractivity contribution in [2.75, 3.05) is 18.8 Å². The molecule has 1 N–H and O–H groups in total. The van der Waals surface area contributed by atoms with Gasteiger partial charge >= 0.3 is 5.97 Å².